The quantitative estimate of drug-likeness (QED) is 0.129. The van der Waals surface area contributed by atoms with Gasteiger partial charge in [0.15, 0.2) is 0 Å². The van der Waals surface area contributed by atoms with Gasteiger partial charge in [-0.2, -0.15) is 0 Å². The molecule has 0 saturated heterocycles. The van der Waals surface area contributed by atoms with Crippen LogP contribution in [0.25, 0.3) is 60.2 Å². The van der Waals surface area contributed by atoms with Crippen LogP contribution in [0.3, 0.4) is 0 Å². The summed E-state index contributed by atoms with van der Waals surface area (Å²) in [6.07, 6.45) is 5.52. The van der Waals surface area contributed by atoms with E-state index in [1.807, 2.05) is 80.0 Å². The number of hydrogen-bond donors (Lipinski definition) is 0. The Morgan fingerprint density at radius 3 is 0.835 bits per heavy atom. The van der Waals surface area contributed by atoms with Crippen molar-refractivity contribution in [3.05, 3.63) is 564 Å². The molecular formula is C127H120N6. The predicted octanol–water partition coefficient (Wildman–Crippen LogP) is 35.5. The average molecular weight is 1730 g/mol. The maximum atomic E-state index is 4.07. The summed E-state index contributed by atoms with van der Waals surface area (Å²) in [5, 5.41) is 7.81. The molecule has 3 heterocycles. The zero-order valence-electron chi connectivity index (χ0n) is 78.9. The summed E-state index contributed by atoms with van der Waals surface area (Å²) >= 11 is 0. The second-order valence-electron chi connectivity index (χ2n) is 33.6. The normalized spacial score (nSPS) is 10.3. The Morgan fingerprint density at radius 2 is 0.474 bits per heavy atom. The van der Waals surface area contributed by atoms with Gasteiger partial charge in [0, 0.05) is 97.3 Å². The van der Waals surface area contributed by atoms with Crippen LogP contribution in [0.2, 0.25) is 0 Å². The lowest BCUT2D eigenvalue weighted by Crippen LogP contribution is -2.10. The Labute approximate surface area is 789 Å². The third-order valence-electron chi connectivity index (χ3n) is 22.7. The van der Waals surface area contributed by atoms with Gasteiger partial charge >= 0.3 is 0 Å². The Morgan fingerprint density at radius 1 is 0.188 bits per heavy atom. The summed E-state index contributed by atoms with van der Waals surface area (Å²) in [4.78, 5) is 14.9. The maximum Gasteiger partial charge on any atom is 0.0541 e. The number of hydrogen-bond acceptors (Lipinski definition) is 5. The molecule has 18 aromatic carbocycles. The van der Waals surface area contributed by atoms with Gasteiger partial charge in [-0.3, -0.25) is 9.97 Å². The van der Waals surface area contributed by atoms with Crippen LogP contribution in [-0.2, 0) is 0 Å². The van der Waals surface area contributed by atoms with E-state index < -0.39 is 0 Å². The highest BCUT2D eigenvalue weighted by Gasteiger charge is 2.17. The molecule has 0 unspecified atom stereocenters. The van der Waals surface area contributed by atoms with Gasteiger partial charge in [0.2, 0.25) is 0 Å². The first-order valence-corrected chi connectivity index (χ1v) is 45.6. The number of rotatable bonds is 11. The number of nitrogens with zero attached hydrogens (tertiary/aromatic N) is 6. The van der Waals surface area contributed by atoms with E-state index in [9.17, 15) is 0 Å². The number of aromatic nitrogens is 3. The van der Waals surface area contributed by atoms with Crippen LogP contribution < -0.4 is 14.7 Å². The SMILES string of the molecule is Cc1ccc(-c2ccccc2)cc1.Cc1ccc(-n2c3ccccc3c3ccccc32)cc1.Cc1ccc(N(c2ccc(C)cc2)c2ccc(C)cc2)cc1.Cc1ccc(N(c2ccc(C)cc2)c2cccc(C)c2)cc1.Cc1ccc(N(c2ccccc2)c2ccccc2)cc1.Cc1cccc2ccccc12.Cc1cccc2ccncc12.Cc1ccccc1.Cc1ccccn1. The molecule has 6 nitrogen and oxygen atoms in total. The summed E-state index contributed by atoms with van der Waals surface area (Å²) in [5.41, 5.74) is 33.4. The molecule has 0 radical (unpaired) electrons. The molecule has 0 aliphatic heterocycles. The summed E-state index contributed by atoms with van der Waals surface area (Å²) < 4.78 is 2.34. The maximum absolute atomic E-state index is 4.07. The number of pyridine rings is 2. The fourth-order valence-corrected chi connectivity index (χ4v) is 15.3. The molecule has 658 valence electrons. The second-order valence-corrected chi connectivity index (χ2v) is 33.6. The molecule has 0 saturated carbocycles. The summed E-state index contributed by atoms with van der Waals surface area (Å²) in [5.74, 6) is 0. The Balaban J connectivity index is 0.000000130. The average Bonchev–Trinajstić information content (AvgIpc) is 1.60. The van der Waals surface area contributed by atoms with Crippen molar-refractivity contribution in [3.63, 3.8) is 0 Å². The van der Waals surface area contributed by atoms with E-state index in [0.29, 0.717) is 0 Å². The third kappa shape index (κ3) is 27.5. The molecule has 0 atom stereocenters. The first-order valence-electron chi connectivity index (χ1n) is 45.6. The van der Waals surface area contributed by atoms with Crippen molar-refractivity contribution in [1.29, 1.82) is 0 Å². The molecule has 3 aromatic heterocycles. The smallest absolute Gasteiger partial charge is 0.0541 e. The van der Waals surface area contributed by atoms with Gasteiger partial charge in [0.05, 0.1) is 11.0 Å². The highest BCUT2D eigenvalue weighted by molar-refractivity contribution is 6.09. The number of fused-ring (bicyclic) bond motifs is 5. The van der Waals surface area contributed by atoms with Crippen LogP contribution in [0, 0.1) is 90.0 Å². The lowest BCUT2D eigenvalue weighted by atomic mass is 10.0. The van der Waals surface area contributed by atoms with Crippen molar-refractivity contribution in [2.75, 3.05) is 14.7 Å². The Bertz CT molecular complexity index is 6680. The lowest BCUT2D eigenvalue weighted by Gasteiger charge is -2.26. The van der Waals surface area contributed by atoms with Crippen LogP contribution in [0.15, 0.2) is 492 Å². The van der Waals surface area contributed by atoms with Crippen LogP contribution in [-0.4, -0.2) is 14.5 Å². The van der Waals surface area contributed by atoms with Crippen LogP contribution in [0.5, 0.6) is 0 Å². The Hall–Kier alpha value is -16.0. The zero-order valence-corrected chi connectivity index (χ0v) is 78.9. The van der Waals surface area contributed by atoms with Crippen molar-refractivity contribution >= 4 is 94.5 Å². The molecule has 21 aromatic rings. The summed E-state index contributed by atoms with van der Waals surface area (Å²) in [6, 6.07) is 166. The van der Waals surface area contributed by atoms with Gasteiger partial charge in [0.25, 0.3) is 0 Å². The molecule has 0 spiro atoms. The third-order valence-corrected chi connectivity index (χ3v) is 22.7. The minimum absolute atomic E-state index is 1.07. The van der Waals surface area contributed by atoms with Crippen molar-refractivity contribution in [2.45, 2.75) is 90.0 Å². The Kier molecular flexibility index (Phi) is 34.4. The molecule has 6 heteroatoms. The fourth-order valence-electron chi connectivity index (χ4n) is 15.3. The number of benzene rings is 18. The van der Waals surface area contributed by atoms with Crippen molar-refractivity contribution in [1.82, 2.24) is 14.5 Å². The fraction of sp³-hybridized carbons (Fsp3) is 0.102. The molecule has 0 amide bonds. The molecular weight excluding hydrogens is 1610 g/mol. The topological polar surface area (TPSA) is 40.4 Å². The zero-order chi connectivity index (χ0) is 93.1. The van der Waals surface area contributed by atoms with E-state index in [1.165, 1.54) is 178 Å². The van der Waals surface area contributed by atoms with Crippen LogP contribution >= 0.6 is 0 Å². The van der Waals surface area contributed by atoms with Gasteiger partial charge < -0.3 is 19.3 Å². The van der Waals surface area contributed by atoms with E-state index in [0.717, 1.165) is 5.69 Å². The number of para-hydroxylation sites is 4. The van der Waals surface area contributed by atoms with Gasteiger partial charge in [0.1, 0.15) is 0 Å². The van der Waals surface area contributed by atoms with Crippen LogP contribution in [0.1, 0.15) is 72.5 Å². The monoisotopic (exact) mass is 1730 g/mol. The van der Waals surface area contributed by atoms with Crippen molar-refractivity contribution < 1.29 is 0 Å². The molecule has 21 rings (SSSR count). The van der Waals surface area contributed by atoms with Crippen molar-refractivity contribution in [3.8, 4) is 16.8 Å². The predicted molar refractivity (Wildman–Crippen MR) is 574 cm³/mol. The number of aryl methyl sites for hydroxylation is 13. The molecule has 0 aliphatic carbocycles. The molecule has 0 aliphatic rings. The lowest BCUT2D eigenvalue weighted by molar-refractivity contribution is 1.17. The first-order chi connectivity index (χ1) is 64.9. The van der Waals surface area contributed by atoms with E-state index in [4.69, 9.17) is 0 Å². The van der Waals surface area contributed by atoms with E-state index >= 15 is 0 Å². The molecule has 133 heavy (non-hydrogen) atoms. The van der Waals surface area contributed by atoms with Gasteiger partial charge in [-0.25, -0.2) is 0 Å². The minimum atomic E-state index is 1.07. The van der Waals surface area contributed by atoms with Gasteiger partial charge in [-0.15, -0.1) is 0 Å². The van der Waals surface area contributed by atoms with Crippen molar-refractivity contribution in [2.24, 2.45) is 0 Å². The van der Waals surface area contributed by atoms with E-state index in [-0.39, 0.29) is 0 Å². The largest absolute Gasteiger partial charge is 0.311 e. The molecule has 0 N–H and O–H groups in total. The van der Waals surface area contributed by atoms with E-state index in [2.05, 4.69) is 525 Å². The minimum Gasteiger partial charge on any atom is -0.311 e. The van der Waals surface area contributed by atoms with Crippen LogP contribution in [0.4, 0.5) is 51.2 Å². The second kappa shape index (κ2) is 48.4. The summed E-state index contributed by atoms with van der Waals surface area (Å²) in [6.45, 7) is 27.4. The highest BCUT2D eigenvalue weighted by atomic mass is 15.2. The highest BCUT2D eigenvalue weighted by Crippen LogP contribution is 2.39. The number of anilines is 9. The van der Waals surface area contributed by atoms with E-state index in [1.54, 1.807) is 6.20 Å². The standard InChI is InChI=1S/2C21H21N.C19H15N.C19H17N.C13H12.C11H10.C10H9N.C7H8.C6H7N/c1-16-4-10-19(11-5-16)22(20-12-6-17(2)7-13-20)21-14-8-18(3)9-15-21;1-16-7-11-19(12-8-16)22(20-13-9-17(2)10-14-20)21-6-4-5-18(3)15-21;1-14-10-12-15(13-11-14)20-18-8-4-2-6-16(18)17-7-3-5-9-19(17)20;1-16-12-14-19(15-13-16)20(17-8-4-2-5-9-17)18-10-6-3-7-11-18;1-11-7-9-13(10-8-11)12-5-3-2-4-6-12;1-9-5-4-7-10-6-2-3-8-11(9)10;1-8-3-2-4-9-5-6-11-7-10(8)9;1-7-5-3-2-4-6-7;1-6-4-2-3-5-7-6/h2*4-15H,1-3H3;2-13H,1H3;2-15H,1H3;2-10H,1H3;2-8H,1H3;2-7H,1H3;2-6H,1H3;2-5H,1H3. The van der Waals surface area contributed by atoms with Gasteiger partial charge in [-0.05, 0) is 286 Å². The molecule has 0 bridgehead atoms. The molecule has 0 fully saturated rings. The van der Waals surface area contributed by atoms with Gasteiger partial charge in [-0.1, -0.05) is 372 Å². The first kappa shape index (κ1) is 94.6. The summed E-state index contributed by atoms with van der Waals surface area (Å²) in [7, 11) is 0.